The number of benzene rings is 2. The molecule has 8 heteroatoms. The van der Waals surface area contributed by atoms with E-state index in [2.05, 4.69) is 13.8 Å². The Kier molecular flexibility index (Phi) is 6.79. The van der Waals surface area contributed by atoms with Gasteiger partial charge in [-0.2, -0.15) is 0 Å². The first kappa shape index (κ1) is 21.4. The lowest BCUT2D eigenvalue weighted by atomic mass is 10.0. The van der Waals surface area contributed by atoms with Gasteiger partial charge in [-0.15, -0.1) is 0 Å². The first-order chi connectivity index (χ1) is 14.4. The number of morpholine rings is 1. The SMILES string of the molecule is CC(C)c1ccc(C(=O)COC(=O)c2cc([N+](=O)[O-])ccc2N2CCOCC2)cc1. The first-order valence-electron chi connectivity index (χ1n) is 9.78. The summed E-state index contributed by atoms with van der Waals surface area (Å²) >= 11 is 0. The minimum Gasteiger partial charge on any atom is -0.454 e. The van der Waals surface area contributed by atoms with Gasteiger partial charge in [-0.3, -0.25) is 14.9 Å². The van der Waals surface area contributed by atoms with Crippen molar-refractivity contribution in [3.05, 3.63) is 69.3 Å². The number of carbonyl (C=O) groups is 2. The third-order valence-electron chi connectivity index (χ3n) is 5.00. The molecule has 30 heavy (non-hydrogen) atoms. The molecule has 0 aromatic heterocycles. The van der Waals surface area contributed by atoms with Gasteiger partial charge in [0.05, 0.1) is 29.4 Å². The normalized spacial score (nSPS) is 13.9. The Morgan fingerprint density at radius 3 is 2.40 bits per heavy atom. The molecule has 0 amide bonds. The van der Waals surface area contributed by atoms with Crippen LogP contribution < -0.4 is 4.90 Å². The summed E-state index contributed by atoms with van der Waals surface area (Å²) in [4.78, 5) is 37.6. The summed E-state index contributed by atoms with van der Waals surface area (Å²) in [5.74, 6) is -0.760. The molecule has 2 aromatic carbocycles. The van der Waals surface area contributed by atoms with Gasteiger partial charge in [-0.25, -0.2) is 4.79 Å². The maximum Gasteiger partial charge on any atom is 0.340 e. The Morgan fingerprint density at radius 2 is 1.80 bits per heavy atom. The van der Waals surface area contributed by atoms with E-state index in [0.717, 1.165) is 5.56 Å². The van der Waals surface area contributed by atoms with Crippen LogP contribution in [-0.4, -0.2) is 49.6 Å². The van der Waals surface area contributed by atoms with Crippen molar-refractivity contribution < 1.29 is 24.0 Å². The number of hydrogen-bond donors (Lipinski definition) is 0. The molecule has 0 aliphatic carbocycles. The number of anilines is 1. The highest BCUT2D eigenvalue weighted by Crippen LogP contribution is 2.27. The number of nitro groups is 1. The molecule has 2 aromatic rings. The van der Waals surface area contributed by atoms with Gasteiger partial charge in [0, 0.05) is 30.8 Å². The maximum atomic E-state index is 12.7. The van der Waals surface area contributed by atoms with Gasteiger partial charge in [-0.1, -0.05) is 38.1 Å². The number of ether oxygens (including phenoxy) is 2. The summed E-state index contributed by atoms with van der Waals surface area (Å²) in [5, 5.41) is 11.2. The average molecular weight is 412 g/mol. The highest BCUT2D eigenvalue weighted by atomic mass is 16.6. The van der Waals surface area contributed by atoms with Crippen molar-refractivity contribution in [3.63, 3.8) is 0 Å². The number of non-ortho nitro benzene ring substituents is 1. The van der Waals surface area contributed by atoms with E-state index in [1.807, 2.05) is 17.0 Å². The Morgan fingerprint density at radius 1 is 1.13 bits per heavy atom. The van der Waals surface area contributed by atoms with Crippen LogP contribution in [0.3, 0.4) is 0 Å². The number of esters is 1. The molecule has 0 unspecified atom stereocenters. The molecule has 1 aliphatic rings. The molecule has 0 N–H and O–H groups in total. The molecule has 1 saturated heterocycles. The molecule has 0 saturated carbocycles. The van der Waals surface area contributed by atoms with Crippen LogP contribution in [0.5, 0.6) is 0 Å². The lowest BCUT2D eigenvalue weighted by molar-refractivity contribution is -0.384. The van der Waals surface area contributed by atoms with E-state index in [9.17, 15) is 19.7 Å². The molecule has 8 nitrogen and oxygen atoms in total. The van der Waals surface area contributed by atoms with E-state index in [4.69, 9.17) is 9.47 Å². The maximum absolute atomic E-state index is 12.7. The van der Waals surface area contributed by atoms with Crippen LogP contribution in [-0.2, 0) is 9.47 Å². The van der Waals surface area contributed by atoms with Crippen LogP contribution in [0.2, 0.25) is 0 Å². The van der Waals surface area contributed by atoms with Crippen LogP contribution in [0.1, 0.15) is 46.0 Å². The Labute approximate surface area is 174 Å². The van der Waals surface area contributed by atoms with Crippen molar-refractivity contribution in [1.82, 2.24) is 0 Å². The Hall–Kier alpha value is -3.26. The van der Waals surface area contributed by atoms with Crippen LogP contribution in [0.15, 0.2) is 42.5 Å². The second-order valence-corrected chi connectivity index (χ2v) is 7.33. The monoisotopic (exact) mass is 412 g/mol. The predicted molar refractivity (Wildman–Crippen MR) is 111 cm³/mol. The number of rotatable bonds is 7. The van der Waals surface area contributed by atoms with Crippen LogP contribution in [0.25, 0.3) is 0 Å². The molecular weight excluding hydrogens is 388 g/mol. The highest BCUT2D eigenvalue weighted by molar-refractivity contribution is 6.01. The van der Waals surface area contributed by atoms with E-state index in [1.165, 1.54) is 18.2 Å². The summed E-state index contributed by atoms with van der Waals surface area (Å²) in [5.41, 5.74) is 1.93. The molecule has 0 atom stereocenters. The number of hydrogen-bond acceptors (Lipinski definition) is 7. The Bertz CT molecular complexity index is 933. The fraction of sp³-hybridized carbons (Fsp3) is 0.364. The van der Waals surface area contributed by atoms with Crippen molar-refractivity contribution in [2.24, 2.45) is 0 Å². The third kappa shape index (κ3) is 5.01. The molecule has 1 fully saturated rings. The van der Waals surface area contributed by atoms with Crippen LogP contribution >= 0.6 is 0 Å². The predicted octanol–water partition coefficient (Wildman–Crippen LogP) is 3.59. The van der Waals surface area contributed by atoms with E-state index >= 15 is 0 Å². The van der Waals surface area contributed by atoms with Crippen molar-refractivity contribution in [1.29, 1.82) is 0 Å². The van der Waals surface area contributed by atoms with Crippen molar-refractivity contribution >= 4 is 23.1 Å². The van der Waals surface area contributed by atoms with E-state index in [1.54, 1.807) is 12.1 Å². The largest absolute Gasteiger partial charge is 0.454 e. The Balaban J connectivity index is 1.75. The van der Waals surface area contributed by atoms with Gasteiger partial charge in [0.25, 0.3) is 5.69 Å². The van der Waals surface area contributed by atoms with Crippen molar-refractivity contribution in [2.75, 3.05) is 37.8 Å². The molecule has 158 valence electrons. The minimum atomic E-state index is -0.771. The third-order valence-corrected chi connectivity index (χ3v) is 5.00. The fourth-order valence-corrected chi connectivity index (χ4v) is 3.23. The zero-order chi connectivity index (χ0) is 21.7. The standard InChI is InChI=1S/C22H24N2O6/c1-15(2)16-3-5-17(6-4-16)21(25)14-30-22(26)19-13-18(24(27)28)7-8-20(19)23-9-11-29-12-10-23/h3-8,13,15H,9-12,14H2,1-2H3. The summed E-state index contributed by atoms with van der Waals surface area (Å²) < 4.78 is 10.5. The van der Waals surface area contributed by atoms with Crippen LogP contribution in [0.4, 0.5) is 11.4 Å². The number of nitro benzene ring substituents is 1. The quantitative estimate of drug-likeness (QED) is 0.296. The van der Waals surface area contributed by atoms with Crippen molar-refractivity contribution in [3.8, 4) is 0 Å². The fourth-order valence-electron chi connectivity index (χ4n) is 3.23. The summed E-state index contributed by atoms with van der Waals surface area (Å²) in [6, 6.07) is 11.2. The lowest BCUT2D eigenvalue weighted by Crippen LogP contribution is -2.37. The molecular formula is C22H24N2O6. The molecule has 0 radical (unpaired) electrons. The van der Waals surface area contributed by atoms with Gasteiger partial charge < -0.3 is 14.4 Å². The summed E-state index contributed by atoms with van der Waals surface area (Å²) in [6.45, 7) is 5.78. The minimum absolute atomic E-state index is 0.0639. The van der Waals surface area contributed by atoms with E-state index in [-0.39, 0.29) is 17.0 Å². The first-order valence-corrected chi connectivity index (χ1v) is 9.78. The summed E-state index contributed by atoms with van der Waals surface area (Å²) in [6.07, 6.45) is 0. The van der Waals surface area contributed by atoms with Gasteiger partial charge >= 0.3 is 5.97 Å². The number of ketones is 1. The molecule has 1 aliphatic heterocycles. The molecule has 3 rings (SSSR count). The van der Waals surface area contributed by atoms with Gasteiger partial charge in [0.2, 0.25) is 0 Å². The second kappa shape index (κ2) is 9.49. The zero-order valence-electron chi connectivity index (χ0n) is 17.0. The van der Waals surface area contributed by atoms with Crippen LogP contribution in [0, 0.1) is 10.1 Å². The average Bonchev–Trinajstić information content (AvgIpc) is 2.77. The van der Waals surface area contributed by atoms with E-state index in [0.29, 0.717) is 43.5 Å². The molecule has 0 spiro atoms. The topological polar surface area (TPSA) is 99.0 Å². The smallest absolute Gasteiger partial charge is 0.340 e. The van der Waals surface area contributed by atoms with Gasteiger partial charge in [0.1, 0.15) is 0 Å². The highest BCUT2D eigenvalue weighted by Gasteiger charge is 2.23. The number of carbonyl (C=O) groups excluding carboxylic acids is 2. The zero-order valence-corrected chi connectivity index (χ0v) is 17.0. The van der Waals surface area contributed by atoms with Crippen molar-refractivity contribution in [2.45, 2.75) is 19.8 Å². The summed E-state index contributed by atoms with van der Waals surface area (Å²) in [7, 11) is 0. The van der Waals surface area contributed by atoms with E-state index < -0.39 is 17.5 Å². The van der Waals surface area contributed by atoms with Gasteiger partial charge in [-0.05, 0) is 17.5 Å². The molecule has 0 bridgehead atoms. The molecule has 1 heterocycles. The number of Topliss-reactive ketones (excluding diaryl/α,β-unsaturated/α-hetero) is 1. The van der Waals surface area contributed by atoms with Gasteiger partial charge in [0.15, 0.2) is 12.4 Å². The number of nitrogens with zero attached hydrogens (tertiary/aromatic N) is 2. The lowest BCUT2D eigenvalue weighted by Gasteiger charge is -2.30. The second-order valence-electron chi connectivity index (χ2n) is 7.33.